The van der Waals surface area contributed by atoms with Crippen molar-refractivity contribution in [2.75, 3.05) is 23.7 Å². The molecule has 0 bridgehead atoms. The Labute approximate surface area is 147 Å². The molecule has 2 aromatic heterocycles. The van der Waals surface area contributed by atoms with E-state index in [9.17, 15) is 4.79 Å². The number of hydrogen-bond acceptors (Lipinski definition) is 6. The molecular formula is C18H24N6O. The third kappa shape index (κ3) is 4.89. The molecule has 1 saturated carbocycles. The van der Waals surface area contributed by atoms with Gasteiger partial charge < -0.3 is 16.0 Å². The smallest absolute Gasteiger partial charge is 0.223 e. The standard InChI is InChI=1S/C18H24N6O/c1-12-6-7-19-15(10-12)24-17-11-16(22-13(2)23-17)20-8-9-21-18(25)14-4-3-5-14/h6-7,10-11,14H,3-5,8-9H2,1-2H3,(H,21,25)(H2,19,20,22,23,24). The SMILES string of the molecule is Cc1ccnc(Nc2cc(NCCNC(=O)C3CCC3)nc(C)n2)c1. The third-order valence-electron chi connectivity index (χ3n) is 4.22. The van der Waals surface area contributed by atoms with E-state index in [1.165, 1.54) is 6.42 Å². The molecule has 3 rings (SSSR count). The Kier molecular flexibility index (Phi) is 5.42. The van der Waals surface area contributed by atoms with Gasteiger partial charge in [-0.1, -0.05) is 6.42 Å². The number of amides is 1. The van der Waals surface area contributed by atoms with E-state index < -0.39 is 0 Å². The molecule has 0 spiro atoms. The van der Waals surface area contributed by atoms with Crippen molar-refractivity contribution in [2.45, 2.75) is 33.1 Å². The van der Waals surface area contributed by atoms with Crippen molar-refractivity contribution >= 4 is 23.4 Å². The highest BCUT2D eigenvalue weighted by molar-refractivity contribution is 5.79. The quantitative estimate of drug-likeness (QED) is 0.671. The van der Waals surface area contributed by atoms with Gasteiger partial charge in [0.25, 0.3) is 0 Å². The van der Waals surface area contributed by atoms with Gasteiger partial charge in [-0.3, -0.25) is 4.79 Å². The molecule has 7 nitrogen and oxygen atoms in total. The molecule has 1 aliphatic carbocycles. The molecule has 132 valence electrons. The molecule has 7 heteroatoms. The first-order valence-electron chi connectivity index (χ1n) is 8.67. The number of aromatic nitrogens is 3. The maximum Gasteiger partial charge on any atom is 0.223 e. The van der Waals surface area contributed by atoms with E-state index in [-0.39, 0.29) is 11.8 Å². The average Bonchev–Trinajstić information content (AvgIpc) is 2.49. The Morgan fingerprint density at radius 1 is 1.12 bits per heavy atom. The molecule has 3 N–H and O–H groups in total. The van der Waals surface area contributed by atoms with E-state index in [0.717, 1.165) is 30.0 Å². The van der Waals surface area contributed by atoms with Crippen LogP contribution >= 0.6 is 0 Å². The highest BCUT2D eigenvalue weighted by Crippen LogP contribution is 2.26. The molecule has 1 aliphatic rings. The van der Waals surface area contributed by atoms with Gasteiger partial charge >= 0.3 is 0 Å². The number of carbonyl (C=O) groups excluding carboxylic acids is 1. The van der Waals surface area contributed by atoms with Crippen LogP contribution in [0.2, 0.25) is 0 Å². The molecule has 0 aromatic carbocycles. The zero-order chi connectivity index (χ0) is 17.6. The van der Waals surface area contributed by atoms with E-state index in [0.29, 0.717) is 24.7 Å². The summed E-state index contributed by atoms with van der Waals surface area (Å²) in [5.74, 6) is 3.21. The van der Waals surface area contributed by atoms with Crippen LogP contribution in [0.1, 0.15) is 30.7 Å². The summed E-state index contributed by atoms with van der Waals surface area (Å²) in [6, 6.07) is 5.74. The number of nitrogens with one attached hydrogen (secondary N) is 3. The van der Waals surface area contributed by atoms with Crippen molar-refractivity contribution < 1.29 is 4.79 Å². The highest BCUT2D eigenvalue weighted by Gasteiger charge is 2.24. The van der Waals surface area contributed by atoms with Crippen molar-refractivity contribution in [2.24, 2.45) is 5.92 Å². The molecule has 0 unspecified atom stereocenters. The fraction of sp³-hybridized carbons (Fsp3) is 0.444. The second-order valence-electron chi connectivity index (χ2n) is 6.37. The van der Waals surface area contributed by atoms with Crippen LogP contribution in [-0.4, -0.2) is 33.9 Å². The number of rotatable bonds is 7. The average molecular weight is 340 g/mol. The first-order valence-corrected chi connectivity index (χ1v) is 8.67. The Balaban J connectivity index is 1.53. The van der Waals surface area contributed by atoms with Gasteiger partial charge in [0.1, 0.15) is 23.3 Å². The molecule has 0 radical (unpaired) electrons. The fourth-order valence-corrected chi connectivity index (χ4v) is 2.65. The summed E-state index contributed by atoms with van der Waals surface area (Å²) < 4.78 is 0. The van der Waals surface area contributed by atoms with Crippen LogP contribution in [0.5, 0.6) is 0 Å². The first-order chi connectivity index (χ1) is 12.1. The Morgan fingerprint density at radius 3 is 2.64 bits per heavy atom. The summed E-state index contributed by atoms with van der Waals surface area (Å²) in [7, 11) is 0. The molecule has 1 amide bonds. The van der Waals surface area contributed by atoms with Gasteiger partial charge in [0.2, 0.25) is 5.91 Å². The lowest BCUT2D eigenvalue weighted by molar-refractivity contribution is -0.127. The monoisotopic (exact) mass is 340 g/mol. The molecule has 2 aromatic rings. The highest BCUT2D eigenvalue weighted by atomic mass is 16.1. The van der Waals surface area contributed by atoms with E-state index in [1.807, 2.05) is 32.0 Å². The predicted octanol–water partition coefficient (Wildman–Crippen LogP) is 2.56. The number of nitrogens with zero attached hydrogens (tertiary/aromatic N) is 3. The summed E-state index contributed by atoms with van der Waals surface area (Å²) in [5.41, 5.74) is 1.13. The van der Waals surface area contributed by atoms with Gasteiger partial charge in [-0.25, -0.2) is 15.0 Å². The maximum atomic E-state index is 11.8. The number of pyridine rings is 1. The largest absolute Gasteiger partial charge is 0.368 e. The van der Waals surface area contributed by atoms with E-state index in [2.05, 4.69) is 30.9 Å². The van der Waals surface area contributed by atoms with E-state index in [4.69, 9.17) is 0 Å². The number of hydrogen-bond donors (Lipinski definition) is 3. The van der Waals surface area contributed by atoms with Gasteiger partial charge in [-0.2, -0.15) is 0 Å². The van der Waals surface area contributed by atoms with Gasteiger partial charge in [-0.05, 0) is 44.4 Å². The first kappa shape index (κ1) is 17.1. The minimum absolute atomic E-state index is 0.166. The van der Waals surface area contributed by atoms with Crippen LogP contribution < -0.4 is 16.0 Å². The normalized spacial score (nSPS) is 13.8. The lowest BCUT2D eigenvalue weighted by Crippen LogP contribution is -2.36. The summed E-state index contributed by atoms with van der Waals surface area (Å²) in [4.78, 5) is 24.8. The molecule has 25 heavy (non-hydrogen) atoms. The fourth-order valence-electron chi connectivity index (χ4n) is 2.65. The minimum atomic E-state index is 0.166. The second-order valence-corrected chi connectivity index (χ2v) is 6.37. The van der Waals surface area contributed by atoms with Crippen LogP contribution in [0.25, 0.3) is 0 Å². The van der Waals surface area contributed by atoms with Crippen molar-refractivity contribution in [3.8, 4) is 0 Å². The van der Waals surface area contributed by atoms with Crippen LogP contribution in [0.4, 0.5) is 17.5 Å². The van der Waals surface area contributed by atoms with E-state index >= 15 is 0 Å². The van der Waals surface area contributed by atoms with Gasteiger partial charge in [0.05, 0.1) is 0 Å². The lowest BCUT2D eigenvalue weighted by atomic mass is 9.85. The molecule has 2 heterocycles. The summed E-state index contributed by atoms with van der Waals surface area (Å²) in [5, 5.41) is 9.38. The summed E-state index contributed by atoms with van der Waals surface area (Å²) in [6.07, 6.45) is 4.97. The van der Waals surface area contributed by atoms with Crippen LogP contribution in [-0.2, 0) is 4.79 Å². The molecule has 0 saturated heterocycles. The van der Waals surface area contributed by atoms with Gasteiger partial charge in [0.15, 0.2) is 0 Å². The number of anilines is 3. The van der Waals surface area contributed by atoms with Crippen molar-refractivity contribution in [3.05, 3.63) is 35.8 Å². The Bertz CT molecular complexity index is 744. The lowest BCUT2D eigenvalue weighted by Gasteiger charge is -2.24. The minimum Gasteiger partial charge on any atom is -0.368 e. The molecular weight excluding hydrogens is 316 g/mol. The molecule has 0 atom stereocenters. The molecule has 1 fully saturated rings. The predicted molar refractivity (Wildman–Crippen MR) is 97.9 cm³/mol. The van der Waals surface area contributed by atoms with Crippen LogP contribution in [0, 0.1) is 19.8 Å². The van der Waals surface area contributed by atoms with Gasteiger partial charge in [-0.15, -0.1) is 0 Å². The zero-order valence-corrected chi connectivity index (χ0v) is 14.7. The number of aryl methyl sites for hydroxylation is 2. The molecule has 0 aliphatic heterocycles. The maximum absolute atomic E-state index is 11.8. The van der Waals surface area contributed by atoms with Crippen LogP contribution in [0.3, 0.4) is 0 Å². The Hall–Kier alpha value is -2.70. The van der Waals surface area contributed by atoms with Crippen molar-refractivity contribution in [3.63, 3.8) is 0 Å². The summed E-state index contributed by atoms with van der Waals surface area (Å²) in [6.45, 7) is 5.07. The second kappa shape index (κ2) is 7.92. The summed E-state index contributed by atoms with van der Waals surface area (Å²) >= 11 is 0. The van der Waals surface area contributed by atoms with Crippen LogP contribution in [0.15, 0.2) is 24.4 Å². The van der Waals surface area contributed by atoms with Crippen molar-refractivity contribution in [1.82, 2.24) is 20.3 Å². The zero-order valence-electron chi connectivity index (χ0n) is 14.7. The topological polar surface area (TPSA) is 91.8 Å². The van der Waals surface area contributed by atoms with Crippen molar-refractivity contribution in [1.29, 1.82) is 0 Å². The third-order valence-corrected chi connectivity index (χ3v) is 4.22. The Morgan fingerprint density at radius 2 is 1.92 bits per heavy atom. The number of carbonyl (C=O) groups is 1. The van der Waals surface area contributed by atoms with Gasteiger partial charge in [0, 0.05) is 31.3 Å². The van der Waals surface area contributed by atoms with E-state index in [1.54, 1.807) is 6.20 Å².